The van der Waals surface area contributed by atoms with Crippen LogP contribution in [0.5, 0.6) is 0 Å². The van der Waals surface area contributed by atoms with Crippen LogP contribution in [0.1, 0.15) is 25.7 Å². The number of rotatable bonds is 0. The molecule has 0 aromatic rings. The van der Waals surface area contributed by atoms with Crippen LogP contribution in [-0.2, 0) is 0 Å². The van der Waals surface area contributed by atoms with Crippen molar-refractivity contribution in [3.8, 4) is 0 Å². The number of quaternary nitrogens is 1. The average Bonchev–Trinajstić information content (AvgIpc) is 2.02. The van der Waals surface area contributed by atoms with Gasteiger partial charge in [0.25, 0.3) is 0 Å². The molecule has 0 amide bonds. The van der Waals surface area contributed by atoms with Crippen molar-refractivity contribution in [3.63, 3.8) is 0 Å². The Kier molecular flexibility index (Phi) is 4.76. The molecule has 1 saturated heterocycles. The van der Waals surface area contributed by atoms with E-state index in [0.29, 0.717) is 0 Å². The van der Waals surface area contributed by atoms with Crippen molar-refractivity contribution < 1.29 is 4.48 Å². The summed E-state index contributed by atoms with van der Waals surface area (Å²) in [6.07, 6.45) is 6.06. The van der Waals surface area contributed by atoms with E-state index in [1.165, 1.54) is 30.4 Å². The van der Waals surface area contributed by atoms with Crippen molar-refractivity contribution in [1.82, 2.24) is 0 Å². The third-order valence-corrected chi connectivity index (χ3v) is 7.22. The summed E-state index contributed by atoms with van der Waals surface area (Å²) in [6, 6.07) is 0. The van der Waals surface area contributed by atoms with Gasteiger partial charge in [-0.05, 0) is 0 Å². The Balaban J connectivity index is 2.27. The number of nitrogens with zero attached hydrogens (tertiary/aromatic N) is 1. The van der Waals surface area contributed by atoms with E-state index in [1.807, 2.05) is 0 Å². The molecule has 0 aromatic heterocycles. The predicted molar refractivity (Wildman–Crippen MR) is 57.1 cm³/mol. The van der Waals surface area contributed by atoms with Crippen molar-refractivity contribution in [1.29, 1.82) is 0 Å². The molecule has 1 heterocycles. The Bertz CT molecular complexity index is 111. The normalized spacial score (nSPS) is 25.8. The molecule has 1 nitrogen and oxygen atoms in total. The van der Waals surface area contributed by atoms with Gasteiger partial charge in [-0.2, -0.15) is 0 Å². The molecule has 0 aromatic carbocycles. The second kappa shape index (κ2) is 5.35. The van der Waals surface area contributed by atoms with E-state index in [-0.39, 0.29) is 17.4 Å². The number of hydrogen-bond donors (Lipinski definition) is 0. The van der Waals surface area contributed by atoms with Gasteiger partial charge < -0.3 is 0 Å². The van der Waals surface area contributed by atoms with Gasteiger partial charge in [0.05, 0.1) is 0 Å². The first-order chi connectivity index (χ1) is 5.71. The molecule has 70 valence electrons. The number of hydrogen-bond acceptors (Lipinski definition) is 0. The minimum atomic E-state index is -0.0173. The zero-order valence-corrected chi connectivity index (χ0v) is 11.8. The topological polar surface area (TPSA) is 0 Å². The van der Waals surface area contributed by atoms with Gasteiger partial charge in [-0.15, -0.1) is 0 Å². The Morgan fingerprint density at radius 1 is 0.833 bits per heavy atom. The van der Waals surface area contributed by atoms with Crippen molar-refractivity contribution in [2.24, 2.45) is 0 Å². The molecule has 2 heteroatoms. The standard InChI is InChI=1S/C10H22N.Ga.H/c1-5-7-9-11(3,4)10-8-6-2;;/h1-2,5-10H2,3-4H3;;/q+1;;. The third kappa shape index (κ3) is 4.58. The van der Waals surface area contributed by atoms with Gasteiger partial charge in [0, 0.05) is 0 Å². The van der Waals surface area contributed by atoms with Gasteiger partial charge in [-0.1, -0.05) is 0 Å². The first-order valence-electron chi connectivity index (χ1n) is 5.53. The summed E-state index contributed by atoms with van der Waals surface area (Å²) in [4.78, 5) is 3.32. The van der Waals surface area contributed by atoms with Crippen molar-refractivity contribution in [2.45, 2.75) is 35.6 Å². The van der Waals surface area contributed by atoms with Gasteiger partial charge in [-0.3, -0.25) is 0 Å². The summed E-state index contributed by atoms with van der Waals surface area (Å²) in [5.41, 5.74) is 0. The second-order valence-electron chi connectivity index (χ2n) is 4.86. The summed E-state index contributed by atoms with van der Waals surface area (Å²) >= 11 is -0.0173. The molecule has 0 spiro atoms. The fraction of sp³-hybridized carbons (Fsp3) is 1.00. The molecule has 1 rings (SSSR count). The van der Waals surface area contributed by atoms with Crippen LogP contribution < -0.4 is 0 Å². The monoisotopic (exact) mass is 226 g/mol. The van der Waals surface area contributed by atoms with Crippen molar-refractivity contribution in [2.75, 3.05) is 27.2 Å². The van der Waals surface area contributed by atoms with E-state index in [2.05, 4.69) is 14.1 Å². The molecule has 0 saturated carbocycles. The van der Waals surface area contributed by atoms with E-state index in [1.54, 1.807) is 22.8 Å². The molecule has 0 radical (unpaired) electrons. The van der Waals surface area contributed by atoms with Gasteiger partial charge in [0.2, 0.25) is 0 Å². The minimum absolute atomic E-state index is 0.0173. The van der Waals surface area contributed by atoms with E-state index in [4.69, 9.17) is 0 Å². The Morgan fingerprint density at radius 2 is 1.33 bits per heavy atom. The Hall–Kier alpha value is 0.596. The van der Waals surface area contributed by atoms with Gasteiger partial charge in [0.15, 0.2) is 0 Å². The summed E-state index contributed by atoms with van der Waals surface area (Å²) in [5.74, 6) is 0. The van der Waals surface area contributed by atoms with E-state index < -0.39 is 0 Å². The molecular formula is C10H23GaN+. The van der Waals surface area contributed by atoms with Crippen LogP contribution >= 0.6 is 0 Å². The van der Waals surface area contributed by atoms with Gasteiger partial charge in [-0.25, -0.2) is 0 Å². The van der Waals surface area contributed by atoms with Crippen molar-refractivity contribution in [3.05, 3.63) is 0 Å². The molecule has 1 aliphatic heterocycles. The molecule has 1 fully saturated rings. The summed E-state index contributed by atoms with van der Waals surface area (Å²) in [6.45, 7) is 2.84. The van der Waals surface area contributed by atoms with Crippen LogP contribution in [0.2, 0.25) is 9.95 Å². The summed E-state index contributed by atoms with van der Waals surface area (Å²) < 4.78 is 1.27. The van der Waals surface area contributed by atoms with Crippen LogP contribution in [0.15, 0.2) is 0 Å². The summed E-state index contributed by atoms with van der Waals surface area (Å²) in [7, 11) is 4.78. The van der Waals surface area contributed by atoms with Gasteiger partial charge in [0.1, 0.15) is 0 Å². The fourth-order valence-electron chi connectivity index (χ4n) is 2.08. The maximum atomic E-state index is 2.39. The molecule has 0 N–H and O–H groups in total. The molecule has 0 unspecified atom stereocenters. The van der Waals surface area contributed by atoms with Gasteiger partial charge >= 0.3 is 84.7 Å². The summed E-state index contributed by atoms with van der Waals surface area (Å²) in [5, 5.41) is 0. The van der Waals surface area contributed by atoms with Crippen LogP contribution in [0.4, 0.5) is 0 Å². The second-order valence-corrected chi connectivity index (χ2v) is 9.31. The predicted octanol–water partition coefficient (Wildman–Crippen LogP) is 1.91. The molecule has 0 aliphatic carbocycles. The molecular weight excluding hydrogens is 204 g/mol. The zero-order valence-electron chi connectivity index (χ0n) is 8.81. The maximum absolute atomic E-state index is 2.39. The third-order valence-electron chi connectivity index (χ3n) is 3.03. The molecule has 1 aliphatic rings. The molecule has 12 heavy (non-hydrogen) atoms. The molecule has 0 atom stereocenters. The molecule has 0 bridgehead atoms. The van der Waals surface area contributed by atoms with Crippen LogP contribution in [0.25, 0.3) is 0 Å². The zero-order chi connectivity index (χ0) is 8.86. The van der Waals surface area contributed by atoms with E-state index in [9.17, 15) is 0 Å². The van der Waals surface area contributed by atoms with E-state index in [0.717, 1.165) is 0 Å². The van der Waals surface area contributed by atoms with Crippen LogP contribution in [0.3, 0.4) is 0 Å². The quantitative estimate of drug-likeness (QED) is 0.438. The first kappa shape index (κ1) is 10.7. The Labute approximate surface area is 84.9 Å². The van der Waals surface area contributed by atoms with Crippen LogP contribution in [0, 0.1) is 0 Å². The average molecular weight is 227 g/mol. The SMILES string of the molecule is C[N+]1(C)CCC[CH2][GaH][CH2]CCC1. The van der Waals surface area contributed by atoms with Crippen LogP contribution in [-0.4, -0.2) is 49.1 Å². The fourth-order valence-corrected chi connectivity index (χ4v) is 5.78. The van der Waals surface area contributed by atoms with Crippen molar-refractivity contribution >= 4 is 17.4 Å². The first-order valence-corrected chi connectivity index (χ1v) is 9.72. The Morgan fingerprint density at radius 3 is 1.83 bits per heavy atom. The van der Waals surface area contributed by atoms with E-state index >= 15 is 0 Å².